The summed E-state index contributed by atoms with van der Waals surface area (Å²) < 4.78 is 12.7. The SMILES string of the molecule is CCCCc1nc(N)c2c(n1)c(C#CCCCCCl)nn2Cc1ccc(OC)cc1OC. The molecule has 7 nitrogen and oxygen atoms in total. The predicted octanol–water partition coefficient (Wildman–Crippen LogP) is 4.58. The predicted molar refractivity (Wildman–Crippen MR) is 128 cm³/mol. The van der Waals surface area contributed by atoms with E-state index in [-0.39, 0.29) is 0 Å². The molecule has 8 heteroatoms. The Hall–Kier alpha value is -2.98. The number of unbranched alkanes of at least 4 members (excludes halogenated alkanes) is 3. The van der Waals surface area contributed by atoms with Crippen molar-refractivity contribution in [2.75, 3.05) is 25.8 Å². The quantitative estimate of drug-likeness (QED) is 0.273. The van der Waals surface area contributed by atoms with E-state index in [1.54, 1.807) is 18.9 Å². The van der Waals surface area contributed by atoms with Crippen molar-refractivity contribution in [3.8, 4) is 23.3 Å². The van der Waals surface area contributed by atoms with Gasteiger partial charge in [-0.2, -0.15) is 5.10 Å². The highest BCUT2D eigenvalue weighted by atomic mass is 35.5. The van der Waals surface area contributed by atoms with Crippen LogP contribution in [-0.4, -0.2) is 39.8 Å². The average molecular weight is 456 g/mol. The first-order valence-electron chi connectivity index (χ1n) is 10.9. The fourth-order valence-electron chi connectivity index (χ4n) is 3.40. The minimum absolute atomic E-state index is 0.413. The number of hydrogen-bond acceptors (Lipinski definition) is 6. The molecule has 0 radical (unpaired) electrons. The molecular formula is C24H30ClN5O2. The van der Waals surface area contributed by atoms with Gasteiger partial charge in [0.05, 0.1) is 20.8 Å². The molecule has 0 bridgehead atoms. The van der Waals surface area contributed by atoms with Gasteiger partial charge < -0.3 is 15.2 Å². The van der Waals surface area contributed by atoms with Crippen LogP contribution in [0.1, 0.15) is 56.1 Å². The van der Waals surface area contributed by atoms with E-state index in [2.05, 4.69) is 23.7 Å². The van der Waals surface area contributed by atoms with E-state index in [4.69, 9.17) is 36.9 Å². The lowest BCUT2D eigenvalue weighted by molar-refractivity contribution is 0.390. The van der Waals surface area contributed by atoms with Gasteiger partial charge in [-0.3, -0.25) is 4.68 Å². The second kappa shape index (κ2) is 11.6. The standard InChI is InChI=1S/C24H30ClN5O2/c1-4-5-11-21-27-22-19(10-8-6-7-9-14-25)29-30(23(22)24(26)28-21)16-17-12-13-18(31-2)15-20(17)32-3/h12-13,15H,4-7,9,11,14,16H2,1-3H3,(H2,26,27,28). The fraction of sp³-hybridized carbons (Fsp3) is 0.458. The normalized spacial score (nSPS) is 10.8. The molecule has 0 aliphatic carbocycles. The van der Waals surface area contributed by atoms with Gasteiger partial charge in [0.15, 0.2) is 11.5 Å². The number of nitrogens with zero attached hydrogens (tertiary/aromatic N) is 4. The van der Waals surface area contributed by atoms with E-state index >= 15 is 0 Å². The van der Waals surface area contributed by atoms with Crippen LogP contribution in [0.2, 0.25) is 0 Å². The highest BCUT2D eigenvalue weighted by Crippen LogP contribution is 2.28. The van der Waals surface area contributed by atoms with Crippen LogP contribution in [0.5, 0.6) is 11.5 Å². The molecule has 0 fully saturated rings. The van der Waals surface area contributed by atoms with Gasteiger partial charge in [-0.05, 0) is 37.3 Å². The van der Waals surface area contributed by atoms with Crippen LogP contribution in [0, 0.1) is 11.8 Å². The van der Waals surface area contributed by atoms with Crippen molar-refractivity contribution in [2.45, 2.75) is 52.0 Å². The van der Waals surface area contributed by atoms with Crippen LogP contribution in [-0.2, 0) is 13.0 Å². The summed E-state index contributed by atoms with van der Waals surface area (Å²) in [6.45, 7) is 2.58. The molecule has 32 heavy (non-hydrogen) atoms. The lowest BCUT2D eigenvalue weighted by Crippen LogP contribution is -2.07. The Balaban J connectivity index is 2.04. The summed E-state index contributed by atoms with van der Waals surface area (Å²) in [4.78, 5) is 9.31. The zero-order valence-electron chi connectivity index (χ0n) is 18.9. The van der Waals surface area contributed by atoms with Crippen molar-refractivity contribution in [3.63, 3.8) is 0 Å². The van der Waals surface area contributed by atoms with Crippen LogP contribution in [0.25, 0.3) is 11.0 Å². The first-order valence-corrected chi connectivity index (χ1v) is 11.4. The molecule has 0 aliphatic heterocycles. The number of halogens is 1. The number of alkyl halides is 1. The molecule has 0 aliphatic rings. The monoisotopic (exact) mass is 455 g/mol. The summed E-state index contributed by atoms with van der Waals surface area (Å²) in [5, 5.41) is 4.75. The van der Waals surface area contributed by atoms with E-state index < -0.39 is 0 Å². The first-order chi connectivity index (χ1) is 15.6. The topological polar surface area (TPSA) is 88.1 Å². The molecule has 0 unspecified atom stereocenters. The summed E-state index contributed by atoms with van der Waals surface area (Å²) in [5.74, 6) is 9.61. The minimum atomic E-state index is 0.413. The van der Waals surface area contributed by atoms with E-state index in [9.17, 15) is 0 Å². The van der Waals surface area contributed by atoms with E-state index in [0.717, 1.165) is 55.7 Å². The third-order valence-electron chi connectivity index (χ3n) is 5.12. The van der Waals surface area contributed by atoms with Crippen molar-refractivity contribution >= 4 is 28.5 Å². The number of fused-ring (bicyclic) bond motifs is 1. The molecule has 0 saturated carbocycles. The Labute approximate surface area is 194 Å². The molecule has 0 spiro atoms. The number of aryl methyl sites for hydroxylation is 1. The van der Waals surface area contributed by atoms with Gasteiger partial charge in [-0.25, -0.2) is 9.97 Å². The van der Waals surface area contributed by atoms with Crippen LogP contribution in [0.3, 0.4) is 0 Å². The Bertz CT molecular complexity index is 1120. The molecule has 3 rings (SSSR count). The van der Waals surface area contributed by atoms with Gasteiger partial charge in [0.2, 0.25) is 0 Å². The molecule has 0 atom stereocenters. The van der Waals surface area contributed by atoms with Crippen molar-refractivity contribution in [1.82, 2.24) is 19.7 Å². The lowest BCUT2D eigenvalue weighted by atomic mass is 10.2. The van der Waals surface area contributed by atoms with E-state index in [1.807, 2.05) is 18.2 Å². The molecule has 2 heterocycles. The number of hydrogen-bond donors (Lipinski definition) is 1. The number of methoxy groups -OCH3 is 2. The third-order valence-corrected chi connectivity index (χ3v) is 5.39. The van der Waals surface area contributed by atoms with Crippen LogP contribution in [0.15, 0.2) is 18.2 Å². The Morgan fingerprint density at radius 3 is 2.69 bits per heavy atom. The fourth-order valence-corrected chi connectivity index (χ4v) is 3.59. The molecular weight excluding hydrogens is 426 g/mol. The average Bonchev–Trinajstić information content (AvgIpc) is 3.15. The number of rotatable bonds is 10. The van der Waals surface area contributed by atoms with Gasteiger partial charge >= 0.3 is 0 Å². The van der Waals surface area contributed by atoms with Crippen molar-refractivity contribution < 1.29 is 9.47 Å². The van der Waals surface area contributed by atoms with Gasteiger partial charge in [-0.15, -0.1) is 11.6 Å². The number of anilines is 1. The zero-order valence-corrected chi connectivity index (χ0v) is 19.7. The van der Waals surface area contributed by atoms with E-state index in [0.29, 0.717) is 40.7 Å². The molecule has 0 saturated heterocycles. The van der Waals surface area contributed by atoms with Crippen LogP contribution >= 0.6 is 11.6 Å². The minimum Gasteiger partial charge on any atom is -0.497 e. The summed E-state index contributed by atoms with van der Waals surface area (Å²) in [6.07, 6.45) is 5.50. The van der Waals surface area contributed by atoms with E-state index in [1.165, 1.54) is 0 Å². The summed E-state index contributed by atoms with van der Waals surface area (Å²) in [7, 11) is 3.26. The van der Waals surface area contributed by atoms with Crippen molar-refractivity contribution in [1.29, 1.82) is 0 Å². The second-order valence-corrected chi connectivity index (χ2v) is 7.84. The number of ether oxygens (including phenoxy) is 2. The molecule has 3 aromatic rings. The van der Waals surface area contributed by atoms with Crippen molar-refractivity contribution in [2.24, 2.45) is 0 Å². The number of aromatic nitrogens is 4. The maximum Gasteiger partial charge on any atom is 0.161 e. The van der Waals surface area contributed by atoms with Crippen LogP contribution in [0.4, 0.5) is 5.82 Å². The van der Waals surface area contributed by atoms with Gasteiger partial charge in [0, 0.05) is 30.4 Å². The first kappa shape index (κ1) is 23.7. The highest BCUT2D eigenvalue weighted by molar-refractivity contribution is 6.17. The van der Waals surface area contributed by atoms with Gasteiger partial charge in [-0.1, -0.05) is 19.3 Å². The number of benzene rings is 1. The highest BCUT2D eigenvalue weighted by Gasteiger charge is 2.18. The summed E-state index contributed by atoms with van der Waals surface area (Å²) in [6, 6.07) is 5.69. The lowest BCUT2D eigenvalue weighted by Gasteiger charge is -2.11. The van der Waals surface area contributed by atoms with Crippen molar-refractivity contribution in [3.05, 3.63) is 35.3 Å². The Morgan fingerprint density at radius 1 is 1.12 bits per heavy atom. The molecule has 0 amide bonds. The zero-order chi connectivity index (χ0) is 22.9. The number of nitrogen functional groups attached to an aromatic ring is 1. The second-order valence-electron chi connectivity index (χ2n) is 7.46. The maximum absolute atomic E-state index is 6.38. The maximum atomic E-state index is 6.38. The molecule has 2 aromatic heterocycles. The smallest absolute Gasteiger partial charge is 0.161 e. The molecule has 170 valence electrons. The van der Waals surface area contributed by atoms with Gasteiger partial charge in [0.1, 0.15) is 28.4 Å². The summed E-state index contributed by atoms with van der Waals surface area (Å²) in [5.41, 5.74) is 9.32. The number of nitrogens with two attached hydrogens (primary N) is 1. The van der Waals surface area contributed by atoms with Crippen LogP contribution < -0.4 is 15.2 Å². The molecule has 2 N–H and O–H groups in total. The molecule has 1 aromatic carbocycles. The Morgan fingerprint density at radius 2 is 1.97 bits per heavy atom. The third kappa shape index (κ3) is 5.63. The summed E-state index contributed by atoms with van der Waals surface area (Å²) >= 11 is 5.76. The largest absolute Gasteiger partial charge is 0.497 e. The Kier molecular flexibility index (Phi) is 8.57. The van der Waals surface area contributed by atoms with Gasteiger partial charge in [0.25, 0.3) is 0 Å².